The van der Waals surface area contributed by atoms with E-state index in [2.05, 4.69) is 4.98 Å². The maximum absolute atomic E-state index is 13.2. The van der Waals surface area contributed by atoms with E-state index >= 15 is 0 Å². The number of nitrogens with one attached hydrogen (secondary N) is 1. The molecule has 0 aliphatic rings. The minimum Gasteiger partial charge on any atom is -0.497 e. The van der Waals surface area contributed by atoms with Crippen molar-refractivity contribution in [2.45, 2.75) is 25.4 Å². The number of carboxylic acids is 1. The second-order valence-corrected chi connectivity index (χ2v) is 4.77. The van der Waals surface area contributed by atoms with Crippen molar-refractivity contribution in [2.75, 3.05) is 7.11 Å². The molecular formula is C14H14F3NO3. The molecule has 0 amide bonds. The van der Waals surface area contributed by atoms with E-state index in [-0.39, 0.29) is 5.56 Å². The van der Waals surface area contributed by atoms with Crippen molar-refractivity contribution in [3.8, 4) is 5.75 Å². The van der Waals surface area contributed by atoms with Crippen LogP contribution in [0, 0.1) is 6.92 Å². The summed E-state index contributed by atoms with van der Waals surface area (Å²) in [7, 11) is 1.42. The lowest BCUT2D eigenvalue weighted by molar-refractivity contribution is -0.163. The fourth-order valence-corrected chi connectivity index (χ4v) is 2.46. The molecule has 0 saturated heterocycles. The number of hydrogen-bond acceptors (Lipinski definition) is 2. The number of alkyl halides is 3. The normalized spacial score (nSPS) is 13.4. The number of carboxylic acid groups (broad SMARTS) is 1. The first-order valence-electron chi connectivity index (χ1n) is 6.18. The number of aryl methyl sites for hydroxylation is 1. The molecule has 1 unspecified atom stereocenters. The molecule has 1 aromatic carbocycles. The molecule has 0 spiro atoms. The summed E-state index contributed by atoms with van der Waals surface area (Å²) in [6.45, 7) is 1.50. The summed E-state index contributed by atoms with van der Waals surface area (Å²) >= 11 is 0. The molecular weight excluding hydrogens is 287 g/mol. The summed E-state index contributed by atoms with van der Waals surface area (Å²) in [6.07, 6.45) is -5.64. The Morgan fingerprint density at radius 1 is 1.43 bits per heavy atom. The highest BCUT2D eigenvalue weighted by atomic mass is 19.4. The second kappa shape index (κ2) is 5.31. The van der Waals surface area contributed by atoms with Crippen LogP contribution in [0.15, 0.2) is 18.2 Å². The van der Waals surface area contributed by atoms with Crippen LogP contribution < -0.4 is 4.74 Å². The molecule has 0 aliphatic carbocycles. The summed E-state index contributed by atoms with van der Waals surface area (Å²) in [4.78, 5) is 13.6. The smallest absolute Gasteiger partial charge is 0.396 e. The van der Waals surface area contributed by atoms with Gasteiger partial charge in [-0.05, 0) is 30.7 Å². The standard InChI is InChI=1S/C14H14F3NO3/c1-7-13(10(6-12(19)20)14(15,16)17)9-5-8(21-2)3-4-11(9)18-7/h3-5,10,18H,6H2,1-2H3,(H,19,20). The van der Waals surface area contributed by atoms with Gasteiger partial charge in [0, 0.05) is 16.6 Å². The minimum atomic E-state index is -4.64. The first-order valence-corrected chi connectivity index (χ1v) is 6.18. The van der Waals surface area contributed by atoms with Gasteiger partial charge in [-0.1, -0.05) is 0 Å². The van der Waals surface area contributed by atoms with Crippen molar-refractivity contribution < 1.29 is 27.8 Å². The summed E-state index contributed by atoms with van der Waals surface area (Å²) in [5.74, 6) is -3.14. The van der Waals surface area contributed by atoms with Crippen LogP contribution in [-0.2, 0) is 4.79 Å². The molecule has 114 valence electrons. The Morgan fingerprint density at radius 3 is 2.62 bits per heavy atom. The lowest BCUT2D eigenvalue weighted by Gasteiger charge is -2.19. The van der Waals surface area contributed by atoms with Gasteiger partial charge in [0.2, 0.25) is 0 Å². The third-order valence-corrected chi connectivity index (χ3v) is 3.37. The summed E-state index contributed by atoms with van der Waals surface area (Å²) in [5.41, 5.74) is 0.781. The Hall–Kier alpha value is -2.18. The Balaban J connectivity index is 2.66. The van der Waals surface area contributed by atoms with Crippen molar-refractivity contribution in [3.05, 3.63) is 29.5 Å². The average Bonchev–Trinajstić information content (AvgIpc) is 2.69. The Morgan fingerprint density at radius 2 is 2.10 bits per heavy atom. The molecule has 4 nitrogen and oxygen atoms in total. The van der Waals surface area contributed by atoms with Crippen LogP contribution in [-0.4, -0.2) is 29.3 Å². The Labute approximate surface area is 118 Å². The van der Waals surface area contributed by atoms with Gasteiger partial charge in [-0.2, -0.15) is 13.2 Å². The van der Waals surface area contributed by atoms with Crippen molar-refractivity contribution in [1.82, 2.24) is 4.98 Å². The molecule has 0 bridgehead atoms. The predicted octanol–water partition coefficient (Wildman–Crippen LogP) is 3.61. The number of methoxy groups -OCH3 is 1. The lowest BCUT2D eigenvalue weighted by atomic mass is 9.92. The molecule has 1 heterocycles. The number of benzene rings is 1. The number of fused-ring (bicyclic) bond motifs is 1. The van der Waals surface area contributed by atoms with Crippen LogP contribution in [0.25, 0.3) is 10.9 Å². The fourth-order valence-electron chi connectivity index (χ4n) is 2.46. The van der Waals surface area contributed by atoms with E-state index < -0.39 is 24.5 Å². The first kappa shape index (κ1) is 15.2. The summed E-state index contributed by atoms with van der Waals surface area (Å²) in [5, 5.41) is 9.10. The number of rotatable bonds is 4. The Kier molecular flexibility index (Phi) is 3.85. The topological polar surface area (TPSA) is 62.3 Å². The van der Waals surface area contributed by atoms with Crippen LogP contribution in [0.3, 0.4) is 0 Å². The van der Waals surface area contributed by atoms with E-state index in [0.717, 1.165) is 0 Å². The highest BCUT2D eigenvalue weighted by Gasteiger charge is 2.44. The van der Waals surface area contributed by atoms with Gasteiger partial charge in [0.05, 0.1) is 19.4 Å². The van der Waals surface area contributed by atoms with E-state index in [9.17, 15) is 18.0 Å². The fraction of sp³-hybridized carbons (Fsp3) is 0.357. The number of aromatic nitrogens is 1. The van der Waals surface area contributed by atoms with E-state index in [4.69, 9.17) is 9.84 Å². The summed E-state index contributed by atoms with van der Waals surface area (Å²) < 4.78 is 44.7. The second-order valence-electron chi connectivity index (χ2n) is 4.77. The number of aromatic amines is 1. The predicted molar refractivity (Wildman–Crippen MR) is 70.6 cm³/mol. The van der Waals surface area contributed by atoms with Crippen LogP contribution in [0.1, 0.15) is 23.6 Å². The molecule has 1 atom stereocenters. The van der Waals surface area contributed by atoms with Crippen LogP contribution in [0.2, 0.25) is 0 Å². The van der Waals surface area contributed by atoms with Gasteiger partial charge < -0.3 is 14.8 Å². The lowest BCUT2D eigenvalue weighted by Crippen LogP contribution is -2.24. The van der Waals surface area contributed by atoms with Crippen LogP contribution in [0.5, 0.6) is 5.75 Å². The van der Waals surface area contributed by atoms with Gasteiger partial charge in [0.25, 0.3) is 0 Å². The maximum Gasteiger partial charge on any atom is 0.396 e. The SMILES string of the molecule is COc1ccc2[nH]c(C)c(C(CC(=O)O)C(F)(F)F)c2c1. The molecule has 2 N–H and O–H groups in total. The molecule has 2 rings (SSSR count). The number of aliphatic carboxylic acids is 1. The zero-order valence-corrected chi connectivity index (χ0v) is 11.4. The monoisotopic (exact) mass is 301 g/mol. The molecule has 2 aromatic rings. The van der Waals surface area contributed by atoms with Crippen molar-refractivity contribution in [3.63, 3.8) is 0 Å². The van der Waals surface area contributed by atoms with Gasteiger partial charge in [0.1, 0.15) is 5.75 Å². The molecule has 7 heteroatoms. The zero-order valence-electron chi connectivity index (χ0n) is 11.4. The van der Waals surface area contributed by atoms with Crippen molar-refractivity contribution in [2.24, 2.45) is 0 Å². The molecule has 0 fully saturated rings. The third kappa shape index (κ3) is 2.96. The average molecular weight is 301 g/mol. The molecule has 1 aromatic heterocycles. The van der Waals surface area contributed by atoms with E-state index in [1.807, 2.05) is 0 Å². The molecule has 0 saturated carbocycles. The molecule has 0 aliphatic heterocycles. The number of H-pyrrole nitrogens is 1. The van der Waals surface area contributed by atoms with Crippen molar-refractivity contribution >= 4 is 16.9 Å². The minimum absolute atomic E-state index is 0.0428. The molecule has 21 heavy (non-hydrogen) atoms. The highest BCUT2D eigenvalue weighted by molar-refractivity contribution is 5.87. The molecule has 0 radical (unpaired) electrons. The van der Waals surface area contributed by atoms with E-state index in [1.165, 1.54) is 20.1 Å². The van der Waals surface area contributed by atoms with E-state index in [1.54, 1.807) is 12.1 Å². The van der Waals surface area contributed by atoms with Crippen LogP contribution >= 0.6 is 0 Å². The number of hydrogen-bond donors (Lipinski definition) is 2. The highest BCUT2D eigenvalue weighted by Crippen LogP contribution is 2.42. The number of halogens is 3. The van der Waals surface area contributed by atoms with Crippen LogP contribution in [0.4, 0.5) is 13.2 Å². The largest absolute Gasteiger partial charge is 0.497 e. The van der Waals surface area contributed by atoms with Crippen molar-refractivity contribution in [1.29, 1.82) is 0 Å². The first-order chi connectivity index (χ1) is 9.74. The zero-order chi connectivity index (χ0) is 15.8. The third-order valence-electron chi connectivity index (χ3n) is 3.37. The quantitative estimate of drug-likeness (QED) is 0.907. The maximum atomic E-state index is 13.2. The van der Waals surface area contributed by atoms with Gasteiger partial charge >= 0.3 is 12.1 Å². The number of carbonyl (C=O) groups is 1. The van der Waals surface area contributed by atoms with Gasteiger partial charge in [0.15, 0.2) is 0 Å². The van der Waals surface area contributed by atoms with Gasteiger partial charge in [-0.25, -0.2) is 0 Å². The van der Waals surface area contributed by atoms with Gasteiger partial charge in [-0.15, -0.1) is 0 Å². The number of ether oxygens (including phenoxy) is 1. The summed E-state index contributed by atoms with van der Waals surface area (Å²) in [6, 6.07) is 4.72. The Bertz CT molecular complexity index is 676. The van der Waals surface area contributed by atoms with E-state index in [0.29, 0.717) is 22.3 Å². The van der Waals surface area contributed by atoms with Gasteiger partial charge in [-0.3, -0.25) is 4.79 Å².